The smallest absolute Gasteiger partial charge is 0.407 e. The Labute approximate surface area is 172 Å². The van der Waals surface area contributed by atoms with Crippen molar-refractivity contribution in [2.45, 2.75) is 0 Å². The van der Waals surface area contributed by atoms with Gasteiger partial charge in [0.2, 0.25) is 0 Å². The fourth-order valence-electron chi connectivity index (χ4n) is 3.18. The molecular weight excluding hydrogens is 386 g/mol. The fraction of sp³-hybridized carbons (Fsp3) is 0.200. The van der Waals surface area contributed by atoms with Gasteiger partial charge in [0.25, 0.3) is 5.91 Å². The summed E-state index contributed by atoms with van der Waals surface area (Å²) in [6.07, 6.45) is 2.35. The molecule has 1 saturated heterocycles. The molecule has 4 rings (SSSR count). The van der Waals surface area contributed by atoms with Crippen molar-refractivity contribution >= 4 is 29.3 Å². The quantitative estimate of drug-likeness (QED) is 0.563. The molecule has 30 heavy (non-hydrogen) atoms. The lowest BCUT2D eigenvalue weighted by atomic mass is 10.2. The number of nitrogens with one attached hydrogen (secondary N) is 1. The summed E-state index contributed by atoms with van der Waals surface area (Å²) in [6.45, 7) is 1.98. The van der Waals surface area contributed by atoms with E-state index in [1.54, 1.807) is 41.2 Å². The van der Waals surface area contributed by atoms with Crippen LogP contribution in [0, 0.1) is 0 Å². The van der Waals surface area contributed by atoms with Crippen LogP contribution in [-0.4, -0.2) is 63.0 Å². The van der Waals surface area contributed by atoms with Gasteiger partial charge in [-0.05, 0) is 36.4 Å². The number of hydrogen-bond acceptors (Lipinski definition) is 6. The molecule has 4 N–H and O–H groups in total. The minimum absolute atomic E-state index is 0.313. The van der Waals surface area contributed by atoms with E-state index in [0.717, 1.165) is 5.69 Å². The molecule has 10 nitrogen and oxygen atoms in total. The Morgan fingerprint density at radius 3 is 2.37 bits per heavy atom. The molecule has 3 aromatic rings. The number of piperazine rings is 1. The number of hydrogen-bond donors (Lipinski definition) is 3. The molecule has 2 amide bonds. The van der Waals surface area contributed by atoms with E-state index < -0.39 is 6.09 Å². The molecule has 1 aliphatic heterocycles. The Bertz CT molecular complexity index is 1040. The summed E-state index contributed by atoms with van der Waals surface area (Å²) in [7, 11) is 0. The van der Waals surface area contributed by atoms with Crippen LogP contribution in [0.3, 0.4) is 0 Å². The second-order valence-electron chi connectivity index (χ2n) is 6.85. The number of anilines is 3. The zero-order chi connectivity index (χ0) is 21.1. The van der Waals surface area contributed by atoms with Crippen molar-refractivity contribution in [1.82, 2.24) is 19.7 Å². The molecule has 0 unspecified atom stereocenters. The maximum atomic E-state index is 12.5. The molecule has 2 aromatic heterocycles. The Morgan fingerprint density at radius 2 is 1.73 bits per heavy atom. The van der Waals surface area contributed by atoms with Crippen molar-refractivity contribution in [1.29, 1.82) is 0 Å². The Morgan fingerprint density at radius 1 is 1.00 bits per heavy atom. The third-order valence-electron chi connectivity index (χ3n) is 4.87. The van der Waals surface area contributed by atoms with Crippen molar-refractivity contribution < 1.29 is 14.7 Å². The van der Waals surface area contributed by atoms with Crippen LogP contribution in [-0.2, 0) is 0 Å². The number of nitrogen functional groups attached to an aromatic ring is 1. The highest BCUT2D eigenvalue weighted by Crippen LogP contribution is 2.16. The molecule has 0 atom stereocenters. The maximum Gasteiger partial charge on any atom is 0.407 e. The third-order valence-corrected chi connectivity index (χ3v) is 4.87. The lowest BCUT2D eigenvalue weighted by molar-refractivity contribution is 0.102. The first-order valence-electron chi connectivity index (χ1n) is 9.41. The van der Waals surface area contributed by atoms with Gasteiger partial charge in [0.05, 0.1) is 11.3 Å². The number of pyridine rings is 1. The van der Waals surface area contributed by atoms with E-state index in [0.29, 0.717) is 49.1 Å². The summed E-state index contributed by atoms with van der Waals surface area (Å²) in [5.41, 5.74) is 7.60. The highest BCUT2D eigenvalue weighted by molar-refractivity contribution is 6.03. The van der Waals surface area contributed by atoms with E-state index in [-0.39, 0.29) is 5.91 Å². The van der Waals surface area contributed by atoms with Crippen LogP contribution in [0.15, 0.2) is 54.9 Å². The fourth-order valence-corrected chi connectivity index (χ4v) is 3.18. The molecule has 0 radical (unpaired) electrons. The van der Waals surface area contributed by atoms with Crippen LogP contribution < -0.4 is 16.0 Å². The van der Waals surface area contributed by atoms with E-state index in [1.165, 1.54) is 11.1 Å². The van der Waals surface area contributed by atoms with Gasteiger partial charge in [0.15, 0.2) is 5.82 Å². The van der Waals surface area contributed by atoms with Gasteiger partial charge in [-0.25, -0.2) is 14.5 Å². The largest absolute Gasteiger partial charge is 0.465 e. The van der Waals surface area contributed by atoms with E-state index in [2.05, 4.69) is 15.4 Å². The summed E-state index contributed by atoms with van der Waals surface area (Å²) >= 11 is 0. The van der Waals surface area contributed by atoms with Gasteiger partial charge in [-0.1, -0.05) is 0 Å². The molecule has 0 saturated carbocycles. The van der Waals surface area contributed by atoms with Crippen LogP contribution in [0.2, 0.25) is 0 Å². The van der Waals surface area contributed by atoms with E-state index in [4.69, 9.17) is 10.8 Å². The highest BCUT2D eigenvalue weighted by Gasteiger charge is 2.21. The molecule has 154 valence electrons. The van der Waals surface area contributed by atoms with Crippen LogP contribution in [0.1, 0.15) is 10.4 Å². The van der Waals surface area contributed by atoms with Gasteiger partial charge < -0.3 is 26.0 Å². The number of carbonyl (C=O) groups is 2. The maximum absolute atomic E-state index is 12.5. The zero-order valence-corrected chi connectivity index (χ0v) is 16.1. The first-order valence-corrected chi connectivity index (χ1v) is 9.41. The second kappa shape index (κ2) is 8.11. The van der Waals surface area contributed by atoms with E-state index in [9.17, 15) is 9.59 Å². The monoisotopic (exact) mass is 407 g/mol. The van der Waals surface area contributed by atoms with Crippen molar-refractivity contribution in [3.63, 3.8) is 0 Å². The topological polar surface area (TPSA) is 130 Å². The minimum Gasteiger partial charge on any atom is -0.465 e. The molecule has 1 fully saturated rings. The van der Waals surface area contributed by atoms with Crippen molar-refractivity contribution in [2.75, 3.05) is 42.1 Å². The van der Waals surface area contributed by atoms with Gasteiger partial charge in [-0.15, -0.1) is 0 Å². The predicted molar refractivity (Wildman–Crippen MR) is 112 cm³/mol. The Balaban J connectivity index is 1.37. The molecule has 3 heterocycles. The number of rotatable bonds is 4. The molecule has 1 aliphatic rings. The molecule has 10 heteroatoms. The molecular formula is C20H21N7O3. The average Bonchev–Trinajstić information content (AvgIpc) is 3.23. The summed E-state index contributed by atoms with van der Waals surface area (Å²) in [4.78, 5) is 31.2. The van der Waals surface area contributed by atoms with Crippen molar-refractivity contribution in [3.8, 4) is 5.69 Å². The number of carboxylic acid groups (broad SMARTS) is 1. The molecule has 0 bridgehead atoms. The normalized spacial score (nSPS) is 13.9. The van der Waals surface area contributed by atoms with Crippen LogP contribution in [0.25, 0.3) is 5.69 Å². The van der Waals surface area contributed by atoms with Crippen LogP contribution >= 0.6 is 0 Å². The molecule has 1 aromatic carbocycles. The first-order chi connectivity index (χ1) is 14.5. The van der Waals surface area contributed by atoms with Crippen molar-refractivity contribution in [2.24, 2.45) is 0 Å². The van der Waals surface area contributed by atoms with Gasteiger partial charge in [0, 0.05) is 50.3 Å². The number of nitrogens with two attached hydrogens (primary N) is 1. The van der Waals surface area contributed by atoms with Gasteiger partial charge in [-0.3, -0.25) is 4.79 Å². The number of aromatic nitrogens is 3. The standard InChI is InChI=1S/C20H21N7O3/c21-15-2-4-16(5-3-15)27-8-7-17(24-27)23-19(28)14-1-6-18(22-13-14)25-9-11-26(12-10-25)20(29)30/h1-8,13H,9-12,21H2,(H,29,30)(H,23,24,28). The third kappa shape index (κ3) is 4.17. The summed E-state index contributed by atoms with van der Waals surface area (Å²) < 4.78 is 1.65. The summed E-state index contributed by atoms with van der Waals surface area (Å²) in [5.74, 6) is 0.821. The molecule has 0 aliphatic carbocycles. The van der Waals surface area contributed by atoms with Gasteiger partial charge in [-0.2, -0.15) is 5.10 Å². The SMILES string of the molecule is Nc1ccc(-n2ccc(NC(=O)c3ccc(N4CCN(C(=O)O)CC4)nc3)n2)cc1. The van der Waals surface area contributed by atoms with E-state index in [1.807, 2.05) is 17.0 Å². The predicted octanol–water partition coefficient (Wildman–Crippen LogP) is 1.90. The van der Waals surface area contributed by atoms with Crippen LogP contribution in [0.5, 0.6) is 0 Å². The number of amides is 2. The first kappa shape index (κ1) is 19.2. The Kier molecular flexibility index (Phi) is 5.21. The summed E-state index contributed by atoms with van der Waals surface area (Å²) in [5, 5.41) is 16.1. The van der Waals surface area contributed by atoms with E-state index >= 15 is 0 Å². The van der Waals surface area contributed by atoms with Gasteiger partial charge in [0.1, 0.15) is 5.82 Å². The Hall–Kier alpha value is -4.08. The number of nitrogens with zero attached hydrogens (tertiary/aromatic N) is 5. The zero-order valence-electron chi connectivity index (χ0n) is 16.1. The molecule has 0 spiro atoms. The lowest BCUT2D eigenvalue weighted by Gasteiger charge is -2.33. The number of benzene rings is 1. The average molecular weight is 407 g/mol. The van der Waals surface area contributed by atoms with Gasteiger partial charge >= 0.3 is 6.09 Å². The van der Waals surface area contributed by atoms with Crippen LogP contribution in [0.4, 0.5) is 22.1 Å². The number of carbonyl (C=O) groups excluding carboxylic acids is 1. The highest BCUT2D eigenvalue weighted by atomic mass is 16.4. The minimum atomic E-state index is -0.909. The summed E-state index contributed by atoms with van der Waals surface area (Å²) in [6, 6.07) is 12.4. The lowest BCUT2D eigenvalue weighted by Crippen LogP contribution is -2.48. The van der Waals surface area contributed by atoms with Crippen molar-refractivity contribution in [3.05, 3.63) is 60.4 Å². The second-order valence-corrected chi connectivity index (χ2v) is 6.85.